The van der Waals surface area contributed by atoms with Crippen LogP contribution < -0.4 is 5.32 Å². The van der Waals surface area contributed by atoms with E-state index in [4.69, 9.17) is 4.99 Å². The molecule has 0 radical (unpaired) electrons. The number of nitrogens with one attached hydrogen (secondary N) is 1. The smallest absolute Gasteiger partial charge is 0.238 e. The van der Waals surface area contributed by atoms with Crippen molar-refractivity contribution in [2.75, 3.05) is 0 Å². The molecule has 1 saturated carbocycles. The molecule has 0 aromatic heterocycles. The van der Waals surface area contributed by atoms with Crippen molar-refractivity contribution in [1.29, 1.82) is 0 Å². The summed E-state index contributed by atoms with van der Waals surface area (Å²) in [6, 6.07) is 14.5. The quantitative estimate of drug-likeness (QED) is 0.837. The predicted molar refractivity (Wildman–Crippen MR) is 103 cm³/mol. The lowest BCUT2D eigenvalue weighted by atomic mass is 10.1. The van der Waals surface area contributed by atoms with E-state index in [2.05, 4.69) is 11.4 Å². The van der Waals surface area contributed by atoms with E-state index in [1.165, 1.54) is 29.5 Å². The van der Waals surface area contributed by atoms with Gasteiger partial charge in [0.15, 0.2) is 0 Å². The van der Waals surface area contributed by atoms with Gasteiger partial charge in [-0.15, -0.1) is 0 Å². The Morgan fingerprint density at radius 2 is 1.96 bits per heavy atom. The molecule has 0 spiro atoms. The van der Waals surface area contributed by atoms with Crippen LogP contribution in [0.5, 0.6) is 0 Å². The molecule has 6 heteroatoms. The van der Waals surface area contributed by atoms with E-state index in [0.717, 1.165) is 34.2 Å². The molecule has 25 heavy (non-hydrogen) atoms. The fourth-order valence-electron chi connectivity index (χ4n) is 2.59. The van der Waals surface area contributed by atoms with Crippen molar-refractivity contribution in [2.24, 2.45) is 4.99 Å². The number of aliphatic imine (C=N–C) groups is 1. The monoisotopic (exact) mass is 372 g/mol. The number of hydrogen-bond acceptors (Lipinski definition) is 4. The molecule has 2 aromatic carbocycles. The van der Waals surface area contributed by atoms with Crippen LogP contribution in [0.1, 0.15) is 29.2 Å². The number of amides is 1. The first-order valence-electron chi connectivity index (χ1n) is 8.21. The second-order valence-corrected chi connectivity index (χ2v) is 8.44. The zero-order valence-electron chi connectivity index (χ0n) is 13.4. The molecule has 2 aliphatic rings. The third kappa shape index (κ3) is 4.07. The lowest BCUT2D eigenvalue weighted by Crippen LogP contribution is -2.30. The molecule has 4 rings (SSSR count). The van der Waals surface area contributed by atoms with Gasteiger partial charge in [-0.3, -0.25) is 4.79 Å². The number of benzene rings is 2. The molecule has 1 amide bonds. The highest BCUT2D eigenvalue weighted by molar-refractivity contribution is 8.38. The number of carbonyl (C=O) groups excluding carboxylic acids is 1. The Morgan fingerprint density at radius 1 is 1.20 bits per heavy atom. The minimum absolute atomic E-state index is 0.0266. The van der Waals surface area contributed by atoms with E-state index < -0.39 is 5.25 Å². The van der Waals surface area contributed by atoms with E-state index in [1.54, 1.807) is 23.9 Å². The van der Waals surface area contributed by atoms with E-state index in [1.807, 2.05) is 18.2 Å². The first-order chi connectivity index (χ1) is 12.2. The highest BCUT2D eigenvalue weighted by atomic mass is 32.2. The van der Waals surface area contributed by atoms with Gasteiger partial charge in [-0.1, -0.05) is 53.9 Å². The molecule has 128 valence electrons. The predicted octanol–water partition coefficient (Wildman–Crippen LogP) is 4.81. The Morgan fingerprint density at radius 3 is 2.72 bits per heavy atom. The fourth-order valence-corrected chi connectivity index (χ4v) is 4.83. The number of hydrogen-bond donors (Lipinski definition) is 1. The van der Waals surface area contributed by atoms with Gasteiger partial charge in [-0.25, -0.2) is 9.38 Å². The van der Waals surface area contributed by atoms with Crippen molar-refractivity contribution in [3.8, 4) is 0 Å². The molecule has 0 unspecified atom stereocenters. The topological polar surface area (TPSA) is 41.5 Å². The zero-order chi connectivity index (χ0) is 17.2. The van der Waals surface area contributed by atoms with Gasteiger partial charge in [0.2, 0.25) is 5.91 Å². The number of thioether (sulfide) groups is 2. The minimum Gasteiger partial charge on any atom is -0.352 e. The minimum atomic E-state index is -0.419. The molecule has 2 aromatic rings. The third-order valence-corrected chi connectivity index (χ3v) is 6.56. The summed E-state index contributed by atoms with van der Waals surface area (Å²) in [7, 11) is 0. The van der Waals surface area contributed by atoms with E-state index in [9.17, 15) is 9.18 Å². The SMILES string of the molecule is O=C(NC1CC1)[C@@H](SC1=Nc2ccccc2CS1)c1ccc(F)cc1. The molecule has 1 aliphatic carbocycles. The maximum absolute atomic E-state index is 13.3. The zero-order valence-corrected chi connectivity index (χ0v) is 15.1. The maximum atomic E-state index is 13.3. The summed E-state index contributed by atoms with van der Waals surface area (Å²) in [6.45, 7) is 0. The summed E-state index contributed by atoms with van der Waals surface area (Å²) in [5.41, 5.74) is 2.97. The number of halogens is 1. The van der Waals surface area contributed by atoms with Gasteiger partial charge < -0.3 is 5.32 Å². The van der Waals surface area contributed by atoms with Crippen molar-refractivity contribution in [3.05, 3.63) is 65.5 Å². The number of fused-ring (bicyclic) bond motifs is 1. The van der Waals surface area contributed by atoms with Crippen LogP contribution in [0.4, 0.5) is 10.1 Å². The van der Waals surface area contributed by atoms with Crippen molar-refractivity contribution >= 4 is 39.5 Å². The summed E-state index contributed by atoms with van der Waals surface area (Å²) in [4.78, 5) is 17.4. The number of para-hydroxylation sites is 1. The summed E-state index contributed by atoms with van der Waals surface area (Å²) in [6.07, 6.45) is 2.07. The molecular formula is C19H17FN2OS2. The Kier molecular flexibility index (Phi) is 4.81. The van der Waals surface area contributed by atoms with Crippen LogP contribution in [0.2, 0.25) is 0 Å². The van der Waals surface area contributed by atoms with Crippen molar-refractivity contribution < 1.29 is 9.18 Å². The van der Waals surface area contributed by atoms with Crippen LogP contribution in [-0.2, 0) is 10.5 Å². The van der Waals surface area contributed by atoms with Gasteiger partial charge in [0.25, 0.3) is 0 Å². The number of rotatable bonds is 4. The second-order valence-electron chi connectivity index (χ2n) is 6.13. The largest absolute Gasteiger partial charge is 0.352 e. The standard InChI is InChI=1S/C19H17FN2OS2/c20-14-7-5-12(6-8-14)17(18(23)21-15-9-10-15)25-19-22-16-4-2-1-3-13(16)11-24-19/h1-8,15,17H,9-11H2,(H,21,23)/t17-/m0/s1. The molecular weight excluding hydrogens is 355 g/mol. The summed E-state index contributed by atoms with van der Waals surface area (Å²) < 4.78 is 14.1. The van der Waals surface area contributed by atoms with Gasteiger partial charge >= 0.3 is 0 Å². The lowest BCUT2D eigenvalue weighted by molar-refractivity contribution is -0.120. The molecule has 3 nitrogen and oxygen atoms in total. The lowest BCUT2D eigenvalue weighted by Gasteiger charge is -2.20. The van der Waals surface area contributed by atoms with Crippen LogP contribution in [0, 0.1) is 5.82 Å². The maximum Gasteiger partial charge on any atom is 0.238 e. The molecule has 1 aliphatic heterocycles. The van der Waals surface area contributed by atoms with E-state index in [-0.39, 0.29) is 17.8 Å². The number of carbonyl (C=O) groups is 1. The average Bonchev–Trinajstić information content (AvgIpc) is 3.44. The first-order valence-corrected chi connectivity index (χ1v) is 10.1. The van der Waals surface area contributed by atoms with E-state index in [0.29, 0.717) is 0 Å². The molecule has 0 saturated heterocycles. The summed E-state index contributed by atoms with van der Waals surface area (Å²) in [5, 5.41) is 2.64. The first kappa shape index (κ1) is 16.7. The number of nitrogens with zero attached hydrogens (tertiary/aromatic N) is 1. The Bertz CT molecular complexity index is 818. The molecule has 1 fully saturated rings. The Labute approximate surface area is 154 Å². The van der Waals surface area contributed by atoms with Crippen LogP contribution in [0.15, 0.2) is 53.5 Å². The normalized spacial score (nSPS) is 17.4. The van der Waals surface area contributed by atoms with Crippen LogP contribution >= 0.6 is 23.5 Å². The highest BCUT2D eigenvalue weighted by Crippen LogP contribution is 2.40. The molecule has 1 N–H and O–H groups in total. The molecule has 1 heterocycles. The van der Waals surface area contributed by atoms with E-state index >= 15 is 0 Å². The average molecular weight is 372 g/mol. The fraction of sp³-hybridized carbons (Fsp3) is 0.263. The Balaban J connectivity index is 1.58. The van der Waals surface area contributed by atoms with Gasteiger partial charge in [-0.2, -0.15) is 0 Å². The van der Waals surface area contributed by atoms with Crippen molar-refractivity contribution in [1.82, 2.24) is 5.32 Å². The van der Waals surface area contributed by atoms with Crippen molar-refractivity contribution in [3.63, 3.8) is 0 Å². The Hall–Kier alpha value is -1.79. The van der Waals surface area contributed by atoms with Gasteiger partial charge in [0.1, 0.15) is 15.4 Å². The van der Waals surface area contributed by atoms with Crippen LogP contribution in [0.3, 0.4) is 0 Å². The second kappa shape index (κ2) is 7.22. The van der Waals surface area contributed by atoms with Gasteiger partial charge in [0, 0.05) is 11.8 Å². The van der Waals surface area contributed by atoms with Gasteiger partial charge in [0.05, 0.1) is 5.69 Å². The van der Waals surface area contributed by atoms with Gasteiger partial charge in [-0.05, 0) is 42.2 Å². The summed E-state index contributed by atoms with van der Waals surface area (Å²) >= 11 is 3.09. The highest BCUT2D eigenvalue weighted by Gasteiger charge is 2.30. The van der Waals surface area contributed by atoms with Crippen molar-refractivity contribution in [2.45, 2.75) is 29.9 Å². The van der Waals surface area contributed by atoms with Crippen LogP contribution in [0.25, 0.3) is 0 Å². The van der Waals surface area contributed by atoms with Crippen LogP contribution in [-0.4, -0.2) is 16.3 Å². The molecule has 0 bridgehead atoms. The third-order valence-electron chi connectivity index (χ3n) is 4.11. The molecule has 1 atom stereocenters. The summed E-state index contributed by atoms with van der Waals surface area (Å²) in [5.74, 6) is 0.525.